The van der Waals surface area contributed by atoms with Gasteiger partial charge in [-0.3, -0.25) is 9.59 Å². The molecule has 0 saturated heterocycles. The number of rotatable bonds is 49. The predicted octanol–water partition coefficient (Wildman–Crippen LogP) is 18.1. The highest BCUT2D eigenvalue weighted by Crippen LogP contribution is 2.17. The van der Waals surface area contributed by atoms with Gasteiger partial charge in [0, 0.05) is 12.8 Å². The first-order valence-corrected chi connectivity index (χ1v) is 26.0. The largest absolute Gasteiger partial charge is 0.466 e. The average molecular weight is 791 g/mol. The Morgan fingerprint density at radius 1 is 0.232 bits per heavy atom. The van der Waals surface area contributed by atoms with Crippen molar-refractivity contribution in [2.45, 2.75) is 309 Å². The Morgan fingerprint density at radius 2 is 0.393 bits per heavy atom. The Morgan fingerprint density at radius 3 is 0.589 bits per heavy atom. The van der Waals surface area contributed by atoms with Gasteiger partial charge in [-0.25, -0.2) is 0 Å². The second-order valence-corrected chi connectivity index (χ2v) is 17.8. The van der Waals surface area contributed by atoms with E-state index in [2.05, 4.69) is 13.8 Å². The summed E-state index contributed by atoms with van der Waals surface area (Å²) in [6, 6.07) is 0. The zero-order valence-corrected chi connectivity index (χ0v) is 38.6. The van der Waals surface area contributed by atoms with Crippen LogP contribution in [0.5, 0.6) is 0 Å². The molecule has 0 aliphatic rings. The lowest BCUT2D eigenvalue weighted by Crippen LogP contribution is -2.06. The van der Waals surface area contributed by atoms with Crippen molar-refractivity contribution >= 4 is 11.9 Å². The van der Waals surface area contributed by atoms with Crippen LogP contribution in [0, 0.1) is 0 Å². The van der Waals surface area contributed by atoms with E-state index >= 15 is 0 Å². The Kier molecular flexibility index (Phi) is 49.1. The molecule has 0 aliphatic carbocycles. The van der Waals surface area contributed by atoms with Gasteiger partial charge in [0.15, 0.2) is 0 Å². The lowest BCUT2D eigenvalue weighted by atomic mass is 10.0. The number of hydrogen-bond donors (Lipinski definition) is 0. The zero-order valence-electron chi connectivity index (χ0n) is 38.6. The summed E-state index contributed by atoms with van der Waals surface area (Å²) < 4.78 is 10.9. The van der Waals surface area contributed by atoms with Gasteiger partial charge < -0.3 is 9.47 Å². The average Bonchev–Trinajstić information content (AvgIpc) is 3.20. The molecule has 0 aromatic carbocycles. The maximum atomic E-state index is 12.0. The second-order valence-electron chi connectivity index (χ2n) is 17.8. The molecule has 0 atom stereocenters. The van der Waals surface area contributed by atoms with Crippen molar-refractivity contribution in [3.8, 4) is 0 Å². The number of esters is 2. The molecule has 0 N–H and O–H groups in total. The van der Waals surface area contributed by atoms with Gasteiger partial charge in [0.2, 0.25) is 0 Å². The first-order valence-electron chi connectivity index (χ1n) is 26.0. The van der Waals surface area contributed by atoms with E-state index in [-0.39, 0.29) is 11.9 Å². The van der Waals surface area contributed by atoms with E-state index in [0.717, 1.165) is 64.2 Å². The van der Waals surface area contributed by atoms with E-state index in [0.29, 0.717) is 26.1 Å². The van der Waals surface area contributed by atoms with Crippen molar-refractivity contribution in [3.63, 3.8) is 0 Å². The molecule has 4 heteroatoms. The van der Waals surface area contributed by atoms with Crippen LogP contribution in [-0.2, 0) is 19.1 Å². The molecule has 0 fully saturated rings. The Hall–Kier alpha value is -1.06. The molecule has 0 radical (unpaired) electrons. The summed E-state index contributed by atoms with van der Waals surface area (Å²) >= 11 is 0. The molecule has 0 unspecified atom stereocenters. The molecule has 0 rings (SSSR count). The van der Waals surface area contributed by atoms with E-state index in [1.807, 2.05) is 0 Å². The number of unbranched alkanes of at least 4 members (excludes halogenated alkanes) is 41. The maximum absolute atomic E-state index is 12.0. The van der Waals surface area contributed by atoms with E-state index in [4.69, 9.17) is 9.47 Å². The van der Waals surface area contributed by atoms with Gasteiger partial charge >= 0.3 is 11.9 Å². The van der Waals surface area contributed by atoms with Crippen molar-refractivity contribution in [1.29, 1.82) is 0 Å². The van der Waals surface area contributed by atoms with Crippen LogP contribution in [0.25, 0.3) is 0 Å². The van der Waals surface area contributed by atoms with Gasteiger partial charge in [0.05, 0.1) is 13.2 Å². The SMILES string of the molecule is CCCCCCCCCCCCCCCCCCCCCC(=O)OCCCCCCCCOC(=O)CCCCCCCCCCCCCCCCCCCCC. The lowest BCUT2D eigenvalue weighted by Gasteiger charge is -2.06. The van der Waals surface area contributed by atoms with Gasteiger partial charge in [0.25, 0.3) is 0 Å². The van der Waals surface area contributed by atoms with Crippen LogP contribution in [0.3, 0.4) is 0 Å². The number of ether oxygens (including phenoxy) is 2. The second kappa shape index (κ2) is 50.1. The summed E-state index contributed by atoms with van der Waals surface area (Å²) in [5, 5.41) is 0. The molecule has 0 spiro atoms. The number of carbonyl (C=O) groups excluding carboxylic acids is 2. The van der Waals surface area contributed by atoms with E-state index in [9.17, 15) is 9.59 Å². The molecule has 0 aromatic rings. The van der Waals surface area contributed by atoms with Crippen molar-refractivity contribution in [2.24, 2.45) is 0 Å². The minimum absolute atomic E-state index is 0.0148. The van der Waals surface area contributed by atoms with Gasteiger partial charge in [-0.1, -0.05) is 271 Å². The van der Waals surface area contributed by atoms with Gasteiger partial charge in [0.1, 0.15) is 0 Å². The fraction of sp³-hybridized carbons (Fsp3) is 0.962. The quantitative estimate of drug-likeness (QED) is 0.0455. The smallest absolute Gasteiger partial charge is 0.305 e. The molecule has 0 bridgehead atoms. The van der Waals surface area contributed by atoms with Gasteiger partial charge in [-0.2, -0.15) is 0 Å². The summed E-state index contributed by atoms with van der Waals surface area (Å²) in [4.78, 5) is 24.1. The monoisotopic (exact) mass is 791 g/mol. The van der Waals surface area contributed by atoms with Crippen molar-refractivity contribution in [2.75, 3.05) is 13.2 Å². The Balaban J connectivity index is 3.22. The molecule has 56 heavy (non-hydrogen) atoms. The third-order valence-corrected chi connectivity index (χ3v) is 12.0. The molecule has 0 aromatic heterocycles. The zero-order chi connectivity index (χ0) is 40.5. The van der Waals surface area contributed by atoms with Crippen LogP contribution < -0.4 is 0 Å². The van der Waals surface area contributed by atoms with E-state index in [1.165, 1.54) is 218 Å². The molecule has 0 heterocycles. The fourth-order valence-corrected chi connectivity index (χ4v) is 8.12. The Bertz CT molecular complexity index is 689. The van der Waals surface area contributed by atoms with Crippen LogP contribution in [0.4, 0.5) is 0 Å². The van der Waals surface area contributed by atoms with E-state index in [1.54, 1.807) is 0 Å². The summed E-state index contributed by atoms with van der Waals surface area (Å²) in [7, 11) is 0. The first-order chi connectivity index (χ1) is 27.7. The molecule has 4 nitrogen and oxygen atoms in total. The molecule has 334 valence electrons. The highest BCUT2D eigenvalue weighted by molar-refractivity contribution is 5.69. The predicted molar refractivity (Wildman–Crippen MR) is 246 cm³/mol. The molecule has 0 aliphatic heterocycles. The third-order valence-electron chi connectivity index (χ3n) is 12.0. The highest BCUT2D eigenvalue weighted by Gasteiger charge is 2.05. The Labute approximate surface area is 352 Å². The fourth-order valence-electron chi connectivity index (χ4n) is 8.12. The van der Waals surface area contributed by atoms with Crippen LogP contribution >= 0.6 is 0 Å². The third kappa shape index (κ3) is 49.1. The van der Waals surface area contributed by atoms with Crippen LogP contribution in [-0.4, -0.2) is 25.2 Å². The van der Waals surface area contributed by atoms with Crippen LogP contribution in [0.15, 0.2) is 0 Å². The summed E-state index contributed by atoms with van der Waals surface area (Å²) in [5.74, 6) is -0.0296. The molecular weight excluding hydrogens is 689 g/mol. The standard InChI is InChI=1S/C52H102O4/c1-3-5-7-9-11-13-15-17-19-21-23-25-27-29-31-33-35-39-43-47-51(53)55-49-45-41-37-38-42-46-50-56-52(54)48-44-40-36-34-32-30-28-26-24-22-20-18-16-14-12-10-8-6-4-2/h3-50H2,1-2H3. The number of carbonyl (C=O) groups is 2. The first kappa shape index (κ1) is 54.9. The topological polar surface area (TPSA) is 52.6 Å². The van der Waals surface area contributed by atoms with Crippen molar-refractivity contribution in [3.05, 3.63) is 0 Å². The highest BCUT2D eigenvalue weighted by atomic mass is 16.5. The van der Waals surface area contributed by atoms with Crippen molar-refractivity contribution in [1.82, 2.24) is 0 Å². The normalized spacial score (nSPS) is 11.4. The lowest BCUT2D eigenvalue weighted by molar-refractivity contribution is -0.144. The number of hydrogen-bond acceptors (Lipinski definition) is 4. The molecule has 0 amide bonds. The van der Waals surface area contributed by atoms with E-state index < -0.39 is 0 Å². The maximum Gasteiger partial charge on any atom is 0.305 e. The van der Waals surface area contributed by atoms with Crippen LogP contribution in [0.2, 0.25) is 0 Å². The minimum Gasteiger partial charge on any atom is -0.466 e. The summed E-state index contributed by atoms with van der Waals surface area (Å²) in [6.07, 6.45) is 59.6. The summed E-state index contributed by atoms with van der Waals surface area (Å²) in [6.45, 7) is 5.72. The minimum atomic E-state index is -0.0148. The summed E-state index contributed by atoms with van der Waals surface area (Å²) in [5.41, 5.74) is 0. The molecule has 0 saturated carbocycles. The van der Waals surface area contributed by atoms with Crippen LogP contribution in [0.1, 0.15) is 309 Å². The van der Waals surface area contributed by atoms with Crippen molar-refractivity contribution < 1.29 is 19.1 Å². The van der Waals surface area contributed by atoms with Gasteiger partial charge in [-0.15, -0.1) is 0 Å². The molecular formula is C52H102O4. The van der Waals surface area contributed by atoms with Gasteiger partial charge in [-0.05, 0) is 25.7 Å².